The molecule has 0 aliphatic carbocycles. The Morgan fingerprint density at radius 2 is 1.79 bits per heavy atom. The molecule has 1 spiro atoms. The Hall–Kier alpha value is -1.74. The number of hydrogen-bond acceptors (Lipinski definition) is 6. The zero-order valence-corrected chi connectivity index (χ0v) is 21.1. The molecule has 8 heteroatoms. The molecule has 1 aromatic rings. The molecule has 0 aromatic heterocycles. The number of ether oxygens (including phenoxy) is 3. The van der Waals surface area contributed by atoms with Crippen LogP contribution in [0.15, 0.2) is 24.3 Å². The third-order valence-electron chi connectivity index (χ3n) is 7.16. The van der Waals surface area contributed by atoms with Gasteiger partial charge in [0, 0.05) is 64.6 Å². The Bertz CT molecular complexity index is 806. The molecule has 1 amide bonds. The molecule has 0 N–H and O–H groups in total. The summed E-state index contributed by atoms with van der Waals surface area (Å²) in [5, 5.41) is 0. The fourth-order valence-corrected chi connectivity index (χ4v) is 5.15. The predicted molar refractivity (Wildman–Crippen MR) is 128 cm³/mol. The molecular weight excluding hydrogens is 437 g/mol. The average molecular weight is 478 g/mol. The fraction of sp³-hybridized carbons (Fsp3) is 0.731. The summed E-state index contributed by atoms with van der Waals surface area (Å²) >= 11 is 0. The summed E-state index contributed by atoms with van der Waals surface area (Å²) in [6.45, 7) is 12.7. The van der Waals surface area contributed by atoms with Crippen molar-refractivity contribution in [2.24, 2.45) is 0 Å². The summed E-state index contributed by atoms with van der Waals surface area (Å²) in [5.74, 6) is -0.448. The number of nitrogens with zero attached hydrogens (tertiary/aromatic N) is 3. The van der Waals surface area contributed by atoms with Crippen LogP contribution in [0.5, 0.6) is 0 Å². The third-order valence-corrected chi connectivity index (χ3v) is 7.16. The van der Waals surface area contributed by atoms with E-state index < -0.39 is 5.60 Å². The molecule has 1 atom stereocenters. The lowest BCUT2D eigenvalue weighted by Crippen LogP contribution is -2.62. The van der Waals surface area contributed by atoms with Crippen molar-refractivity contribution >= 4 is 6.09 Å². The van der Waals surface area contributed by atoms with Gasteiger partial charge < -0.3 is 24.0 Å². The summed E-state index contributed by atoms with van der Waals surface area (Å²) in [6, 6.07) is 7.25. The Kier molecular flexibility index (Phi) is 7.82. The van der Waals surface area contributed by atoms with Crippen LogP contribution < -0.4 is 0 Å². The van der Waals surface area contributed by atoms with Gasteiger partial charge in [-0.3, -0.25) is 4.90 Å². The largest absolute Gasteiger partial charge is 0.444 e. The number of amides is 1. The molecule has 1 unspecified atom stereocenters. The van der Waals surface area contributed by atoms with E-state index in [1.165, 1.54) is 12.1 Å². The van der Waals surface area contributed by atoms with E-state index in [-0.39, 0.29) is 23.6 Å². The Morgan fingerprint density at radius 1 is 1.18 bits per heavy atom. The monoisotopic (exact) mass is 477 g/mol. The van der Waals surface area contributed by atoms with E-state index in [2.05, 4.69) is 9.80 Å². The maximum atomic E-state index is 13.5. The molecule has 34 heavy (non-hydrogen) atoms. The normalized spacial score (nSPS) is 22.5. The number of rotatable bonds is 7. The number of benzene rings is 1. The second kappa shape index (κ2) is 10.5. The van der Waals surface area contributed by atoms with E-state index >= 15 is 0 Å². The summed E-state index contributed by atoms with van der Waals surface area (Å²) in [5.41, 5.74) is 0.514. The van der Waals surface area contributed by atoms with Gasteiger partial charge in [0.15, 0.2) is 5.79 Å². The van der Waals surface area contributed by atoms with Crippen molar-refractivity contribution in [2.45, 2.75) is 63.4 Å². The van der Waals surface area contributed by atoms with Crippen molar-refractivity contribution in [3.05, 3.63) is 35.6 Å². The van der Waals surface area contributed by atoms with Gasteiger partial charge in [0.2, 0.25) is 0 Å². The maximum Gasteiger partial charge on any atom is 0.410 e. The number of piperidine rings is 1. The summed E-state index contributed by atoms with van der Waals surface area (Å²) in [4.78, 5) is 19.2. The molecular formula is C26H40FN3O4. The zero-order valence-electron chi connectivity index (χ0n) is 21.1. The van der Waals surface area contributed by atoms with E-state index in [1.54, 1.807) is 11.9 Å². The first kappa shape index (κ1) is 25.4. The third kappa shape index (κ3) is 6.47. The zero-order chi connectivity index (χ0) is 24.3. The lowest BCUT2D eigenvalue weighted by Gasteiger charge is -2.49. The maximum absolute atomic E-state index is 13.5. The van der Waals surface area contributed by atoms with E-state index in [9.17, 15) is 9.18 Å². The first-order valence-electron chi connectivity index (χ1n) is 12.6. The average Bonchev–Trinajstić information content (AvgIpc) is 3.20. The first-order valence-corrected chi connectivity index (χ1v) is 12.6. The van der Waals surface area contributed by atoms with Gasteiger partial charge in [-0.25, -0.2) is 9.18 Å². The van der Waals surface area contributed by atoms with E-state index in [4.69, 9.17) is 14.2 Å². The molecule has 7 nitrogen and oxygen atoms in total. The summed E-state index contributed by atoms with van der Waals surface area (Å²) in [7, 11) is 1.77. The SMILES string of the molecule is CN(CC(CCN1CC(N2CCC3(CC2)OCCO3)C1)c1ccc(F)cc1)C(=O)OC(C)(C)C. The van der Waals surface area contributed by atoms with Crippen LogP contribution in [0.4, 0.5) is 9.18 Å². The van der Waals surface area contributed by atoms with Gasteiger partial charge in [0.25, 0.3) is 0 Å². The number of halogens is 1. The molecule has 0 radical (unpaired) electrons. The molecule has 190 valence electrons. The van der Waals surface area contributed by atoms with Crippen LogP contribution in [0.25, 0.3) is 0 Å². The van der Waals surface area contributed by atoms with Gasteiger partial charge in [0.05, 0.1) is 13.2 Å². The quantitative estimate of drug-likeness (QED) is 0.597. The molecule has 3 aliphatic heterocycles. The van der Waals surface area contributed by atoms with E-state index in [1.807, 2.05) is 32.9 Å². The van der Waals surface area contributed by atoms with Crippen LogP contribution in [-0.2, 0) is 14.2 Å². The molecule has 3 fully saturated rings. The van der Waals surface area contributed by atoms with Crippen molar-refractivity contribution in [3.63, 3.8) is 0 Å². The lowest BCUT2D eigenvalue weighted by molar-refractivity contribution is -0.191. The van der Waals surface area contributed by atoms with Crippen molar-refractivity contribution in [1.29, 1.82) is 0 Å². The van der Waals surface area contributed by atoms with Crippen molar-refractivity contribution in [3.8, 4) is 0 Å². The van der Waals surface area contributed by atoms with Crippen molar-refractivity contribution in [2.75, 3.05) is 59.5 Å². The van der Waals surface area contributed by atoms with Crippen molar-refractivity contribution in [1.82, 2.24) is 14.7 Å². The summed E-state index contributed by atoms with van der Waals surface area (Å²) in [6.07, 6.45) is 2.47. The second-order valence-corrected chi connectivity index (χ2v) is 11.0. The number of likely N-dealkylation sites (tertiary alicyclic amines) is 2. The lowest BCUT2D eigenvalue weighted by atomic mass is 9.93. The molecule has 3 aliphatic rings. The first-order chi connectivity index (χ1) is 16.1. The van der Waals surface area contributed by atoms with Crippen molar-refractivity contribution < 1.29 is 23.4 Å². The number of carbonyl (C=O) groups is 1. The molecule has 0 saturated carbocycles. The van der Waals surface area contributed by atoms with Gasteiger partial charge in [0.1, 0.15) is 11.4 Å². The topological polar surface area (TPSA) is 54.5 Å². The number of likely N-dealkylation sites (N-methyl/N-ethyl adjacent to an activating group) is 1. The van der Waals surface area contributed by atoms with Gasteiger partial charge in [-0.1, -0.05) is 12.1 Å². The van der Waals surface area contributed by atoms with Gasteiger partial charge in [-0.05, 0) is 51.4 Å². The molecule has 1 aromatic carbocycles. The highest BCUT2D eigenvalue weighted by Gasteiger charge is 2.43. The van der Waals surface area contributed by atoms with E-state index in [0.29, 0.717) is 12.6 Å². The molecule has 0 bridgehead atoms. The molecule has 3 saturated heterocycles. The Balaban J connectivity index is 1.26. The van der Waals surface area contributed by atoms with Gasteiger partial charge >= 0.3 is 6.09 Å². The van der Waals surface area contributed by atoms with Crippen LogP contribution in [0.3, 0.4) is 0 Å². The standard InChI is InChI=1S/C26H40FN3O4/c1-25(2,3)34-24(31)28(4)17-21(20-5-7-22(27)8-6-20)9-12-29-18-23(19-29)30-13-10-26(11-14-30)32-15-16-33-26/h5-8,21,23H,9-19H2,1-4H3. The fourth-order valence-electron chi connectivity index (χ4n) is 5.15. The number of hydrogen-bond donors (Lipinski definition) is 0. The van der Waals surface area contributed by atoms with Crippen LogP contribution in [0.1, 0.15) is 51.5 Å². The molecule has 4 rings (SSSR count). The minimum atomic E-state index is -0.534. The smallest absolute Gasteiger partial charge is 0.410 e. The van der Waals surface area contributed by atoms with Crippen LogP contribution in [-0.4, -0.2) is 97.8 Å². The highest BCUT2D eigenvalue weighted by Crippen LogP contribution is 2.33. The van der Waals surface area contributed by atoms with Crippen LogP contribution >= 0.6 is 0 Å². The predicted octanol–water partition coefficient (Wildman–Crippen LogP) is 3.69. The van der Waals surface area contributed by atoms with Crippen LogP contribution in [0.2, 0.25) is 0 Å². The Labute approximate surface area is 203 Å². The highest BCUT2D eigenvalue weighted by molar-refractivity contribution is 5.67. The summed E-state index contributed by atoms with van der Waals surface area (Å²) < 4.78 is 30.7. The van der Waals surface area contributed by atoms with Gasteiger partial charge in [-0.2, -0.15) is 0 Å². The minimum Gasteiger partial charge on any atom is -0.444 e. The van der Waals surface area contributed by atoms with E-state index in [0.717, 1.165) is 70.8 Å². The molecule has 3 heterocycles. The Morgan fingerprint density at radius 3 is 2.38 bits per heavy atom. The number of carbonyl (C=O) groups excluding carboxylic acids is 1. The van der Waals surface area contributed by atoms with Gasteiger partial charge in [-0.15, -0.1) is 0 Å². The minimum absolute atomic E-state index is 0.115. The second-order valence-electron chi connectivity index (χ2n) is 11.0. The highest BCUT2D eigenvalue weighted by atomic mass is 19.1. The van der Waals surface area contributed by atoms with Crippen LogP contribution in [0, 0.1) is 5.82 Å².